The van der Waals surface area contributed by atoms with E-state index in [1.54, 1.807) is 0 Å². The predicted molar refractivity (Wildman–Crippen MR) is 65.1 cm³/mol. The van der Waals surface area contributed by atoms with Crippen LogP contribution in [-0.4, -0.2) is 25.7 Å². The van der Waals surface area contributed by atoms with E-state index in [-0.39, 0.29) is 0 Å². The molecule has 0 amide bonds. The Balaban J connectivity index is 1.41. The highest BCUT2D eigenvalue weighted by atomic mass is 15.0. The van der Waals surface area contributed by atoms with Crippen LogP contribution in [0, 0.1) is 5.92 Å². The van der Waals surface area contributed by atoms with E-state index in [0.29, 0.717) is 0 Å². The Labute approximate surface area is 94.2 Å². The van der Waals surface area contributed by atoms with Crippen LogP contribution in [0.3, 0.4) is 0 Å². The second-order valence-corrected chi connectivity index (χ2v) is 5.29. The number of hydrogen-bond donors (Lipinski definition) is 2. The number of hydrogen-bond acceptors (Lipinski definition) is 2. The zero-order valence-corrected chi connectivity index (χ0v) is 9.93. The molecule has 0 spiro atoms. The maximum atomic E-state index is 3.59. The molecule has 0 aromatic carbocycles. The minimum absolute atomic E-state index is 0.761. The summed E-state index contributed by atoms with van der Waals surface area (Å²) in [7, 11) is 0. The summed E-state index contributed by atoms with van der Waals surface area (Å²) in [5.41, 5.74) is 0. The van der Waals surface area contributed by atoms with Gasteiger partial charge in [0.05, 0.1) is 0 Å². The van der Waals surface area contributed by atoms with Gasteiger partial charge in [-0.25, -0.2) is 0 Å². The van der Waals surface area contributed by atoms with Crippen molar-refractivity contribution in [3.8, 4) is 0 Å². The van der Waals surface area contributed by atoms with Gasteiger partial charge in [-0.3, -0.25) is 0 Å². The molecule has 2 rings (SSSR count). The summed E-state index contributed by atoms with van der Waals surface area (Å²) in [5, 5.41) is 7.11. The van der Waals surface area contributed by atoms with Gasteiger partial charge in [0.1, 0.15) is 0 Å². The molecule has 1 unspecified atom stereocenters. The third-order valence-corrected chi connectivity index (χ3v) is 3.99. The Morgan fingerprint density at radius 1 is 1.07 bits per heavy atom. The Morgan fingerprint density at radius 2 is 1.93 bits per heavy atom. The van der Waals surface area contributed by atoms with Crippen molar-refractivity contribution in [1.82, 2.24) is 10.6 Å². The molecule has 2 heteroatoms. The molecule has 1 heterocycles. The van der Waals surface area contributed by atoms with Crippen LogP contribution in [0.1, 0.15) is 51.4 Å². The van der Waals surface area contributed by atoms with E-state index in [4.69, 9.17) is 0 Å². The van der Waals surface area contributed by atoms with E-state index in [9.17, 15) is 0 Å². The van der Waals surface area contributed by atoms with Crippen LogP contribution in [0.5, 0.6) is 0 Å². The van der Waals surface area contributed by atoms with E-state index < -0.39 is 0 Å². The summed E-state index contributed by atoms with van der Waals surface area (Å²) in [5.74, 6) is 1.07. The first-order valence-corrected chi connectivity index (χ1v) is 6.89. The fourth-order valence-electron chi connectivity index (χ4n) is 3.02. The molecule has 2 aliphatic rings. The third kappa shape index (κ3) is 4.12. The van der Waals surface area contributed by atoms with Crippen molar-refractivity contribution in [2.75, 3.05) is 19.6 Å². The maximum Gasteiger partial charge on any atom is 0.0192 e. The molecular weight excluding hydrogens is 184 g/mol. The van der Waals surface area contributed by atoms with Gasteiger partial charge in [0, 0.05) is 12.6 Å². The first kappa shape index (κ1) is 11.4. The molecule has 1 aliphatic carbocycles. The summed E-state index contributed by atoms with van der Waals surface area (Å²) in [6.07, 6.45) is 11.6. The molecule has 15 heavy (non-hydrogen) atoms. The lowest BCUT2D eigenvalue weighted by Gasteiger charge is -2.12. The highest BCUT2D eigenvalue weighted by Crippen LogP contribution is 2.28. The van der Waals surface area contributed by atoms with Crippen molar-refractivity contribution in [2.24, 2.45) is 5.92 Å². The zero-order chi connectivity index (χ0) is 10.3. The summed E-state index contributed by atoms with van der Waals surface area (Å²) >= 11 is 0. The van der Waals surface area contributed by atoms with Crippen LogP contribution in [0.2, 0.25) is 0 Å². The first-order valence-electron chi connectivity index (χ1n) is 6.89. The van der Waals surface area contributed by atoms with Crippen LogP contribution < -0.4 is 10.6 Å². The number of rotatable bonds is 6. The minimum atomic E-state index is 0.761. The van der Waals surface area contributed by atoms with Crippen molar-refractivity contribution >= 4 is 0 Å². The van der Waals surface area contributed by atoms with Gasteiger partial charge in [0.15, 0.2) is 0 Å². The molecule has 1 saturated carbocycles. The van der Waals surface area contributed by atoms with Gasteiger partial charge in [0.25, 0.3) is 0 Å². The van der Waals surface area contributed by atoms with Crippen LogP contribution >= 0.6 is 0 Å². The lowest BCUT2D eigenvalue weighted by atomic mass is 10.0. The maximum absolute atomic E-state index is 3.59. The molecular formula is C13H26N2. The largest absolute Gasteiger partial charge is 0.315 e. The Hall–Kier alpha value is -0.0800. The molecule has 0 aromatic rings. The van der Waals surface area contributed by atoms with Crippen LogP contribution in [0.4, 0.5) is 0 Å². The average molecular weight is 210 g/mol. The molecule has 0 bridgehead atoms. The monoisotopic (exact) mass is 210 g/mol. The lowest BCUT2D eigenvalue weighted by Crippen LogP contribution is -2.34. The second-order valence-electron chi connectivity index (χ2n) is 5.29. The van der Waals surface area contributed by atoms with E-state index in [1.165, 1.54) is 71.0 Å². The standard InChI is InChI=1S/C13H26N2/c1-2-6-12(5-1)7-3-9-14-11-13-8-4-10-15-13/h12-15H,1-11H2. The molecule has 2 fully saturated rings. The molecule has 1 saturated heterocycles. The van der Waals surface area contributed by atoms with Gasteiger partial charge >= 0.3 is 0 Å². The fraction of sp³-hybridized carbons (Fsp3) is 1.00. The van der Waals surface area contributed by atoms with Crippen molar-refractivity contribution in [3.63, 3.8) is 0 Å². The summed E-state index contributed by atoms with van der Waals surface area (Å²) < 4.78 is 0. The highest BCUT2D eigenvalue weighted by molar-refractivity contribution is 4.76. The normalized spacial score (nSPS) is 27.6. The van der Waals surface area contributed by atoms with Crippen molar-refractivity contribution < 1.29 is 0 Å². The molecule has 0 radical (unpaired) electrons. The predicted octanol–water partition coefficient (Wildman–Crippen LogP) is 2.30. The van der Waals surface area contributed by atoms with Gasteiger partial charge in [-0.2, -0.15) is 0 Å². The van der Waals surface area contributed by atoms with Crippen LogP contribution in [0.25, 0.3) is 0 Å². The quantitative estimate of drug-likeness (QED) is 0.657. The molecule has 0 aromatic heterocycles. The van der Waals surface area contributed by atoms with E-state index in [0.717, 1.165) is 12.0 Å². The van der Waals surface area contributed by atoms with Gasteiger partial charge < -0.3 is 10.6 Å². The molecule has 1 aliphatic heterocycles. The van der Waals surface area contributed by atoms with Gasteiger partial charge in [-0.15, -0.1) is 0 Å². The summed E-state index contributed by atoms with van der Waals surface area (Å²) in [4.78, 5) is 0. The lowest BCUT2D eigenvalue weighted by molar-refractivity contribution is 0.458. The second kappa shape index (κ2) is 6.49. The highest BCUT2D eigenvalue weighted by Gasteiger charge is 2.15. The van der Waals surface area contributed by atoms with Gasteiger partial charge in [0.2, 0.25) is 0 Å². The molecule has 2 N–H and O–H groups in total. The Kier molecular flexibility index (Phi) is 4.94. The Bertz CT molecular complexity index is 140. The van der Waals surface area contributed by atoms with Crippen LogP contribution in [0.15, 0.2) is 0 Å². The van der Waals surface area contributed by atoms with Crippen molar-refractivity contribution in [2.45, 2.75) is 57.4 Å². The smallest absolute Gasteiger partial charge is 0.0192 e. The molecule has 88 valence electrons. The van der Waals surface area contributed by atoms with Gasteiger partial charge in [-0.05, 0) is 44.7 Å². The first-order chi connectivity index (χ1) is 7.45. The summed E-state index contributed by atoms with van der Waals surface area (Å²) in [6, 6.07) is 0.761. The van der Waals surface area contributed by atoms with E-state index in [1.807, 2.05) is 0 Å². The van der Waals surface area contributed by atoms with Gasteiger partial charge in [-0.1, -0.05) is 25.7 Å². The summed E-state index contributed by atoms with van der Waals surface area (Å²) in [6.45, 7) is 3.65. The minimum Gasteiger partial charge on any atom is -0.315 e. The topological polar surface area (TPSA) is 24.1 Å². The third-order valence-electron chi connectivity index (χ3n) is 3.99. The SMILES string of the molecule is C1CCC(CCCNCC2CCCN2)C1. The van der Waals surface area contributed by atoms with Crippen molar-refractivity contribution in [3.05, 3.63) is 0 Å². The molecule has 2 nitrogen and oxygen atoms in total. The Morgan fingerprint density at radius 3 is 2.67 bits per heavy atom. The average Bonchev–Trinajstić information content (AvgIpc) is 2.88. The zero-order valence-electron chi connectivity index (χ0n) is 9.93. The fourth-order valence-corrected chi connectivity index (χ4v) is 3.02. The van der Waals surface area contributed by atoms with Crippen LogP contribution in [-0.2, 0) is 0 Å². The molecule has 1 atom stereocenters. The van der Waals surface area contributed by atoms with Crippen molar-refractivity contribution in [1.29, 1.82) is 0 Å². The number of nitrogens with one attached hydrogen (secondary N) is 2. The van der Waals surface area contributed by atoms with E-state index in [2.05, 4.69) is 10.6 Å². The van der Waals surface area contributed by atoms with E-state index >= 15 is 0 Å².